The number of benzene rings is 1. The molecule has 1 aromatic rings. The van der Waals surface area contributed by atoms with Gasteiger partial charge >= 0.3 is 0 Å². The highest BCUT2D eigenvalue weighted by Crippen LogP contribution is 2.11. The van der Waals surface area contributed by atoms with Gasteiger partial charge < -0.3 is 15.2 Å². The highest BCUT2D eigenvalue weighted by molar-refractivity contribution is 5.94. The highest BCUT2D eigenvalue weighted by atomic mass is 19.1. The monoisotopic (exact) mass is 269 g/mol. The molecule has 0 saturated heterocycles. The van der Waals surface area contributed by atoms with E-state index < -0.39 is 6.10 Å². The summed E-state index contributed by atoms with van der Waals surface area (Å²) >= 11 is 0. The Kier molecular flexibility index (Phi) is 6.45. The van der Waals surface area contributed by atoms with Crippen LogP contribution in [0.2, 0.25) is 0 Å². The fraction of sp³-hybridized carbons (Fsp3) is 0.500. The molecule has 0 aliphatic heterocycles. The molecule has 0 fully saturated rings. The van der Waals surface area contributed by atoms with E-state index in [0.29, 0.717) is 30.5 Å². The summed E-state index contributed by atoms with van der Waals surface area (Å²) in [4.78, 5) is 11.8. The molecule has 1 atom stereocenters. The summed E-state index contributed by atoms with van der Waals surface area (Å²) in [7, 11) is 1.47. The van der Waals surface area contributed by atoms with Crippen molar-refractivity contribution in [3.05, 3.63) is 35.1 Å². The Morgan fingerprint density at radius 1 is 1.53 bits per heavy atom. The van der Waals surface area contributed by atoms with Crippen LogP contribution < -0.4 is 5.32 Å². The van der Waals surface area contributed by atoms with Gasteiger partial charge in [-0.15, -0.1) is 0 Å². The third-order valence-corrected chi connectivity index (χ3v) is 2.84. The molecule has 0 aliphatic rings. The van der Waals surface area contributed by atoms with Crippen LogP contribution in [0.1, 0.15) is 35.7 Å². The molecule has 4 nitrogen and oxygen atoms in total. The first-order valence-electron chi connectivity index (χ1n) is 6.32. The molecule has 0 aliphatic carbocycles. The van der Waals surface area contributed by atoms with Crippen molar-refractivity contribution in [2.75, 3.05) is 13.7 Å². The Labute approximate surface area is 112 Å². The predicted octanol–water partition coefficient (Wildman–Crippen LogP) is 1.86. The number of aliphatic hydroxyl groups is 1. The Bertz CT molecular complexity index is 423. The maximum atomic E-state index is 13.4. The number of aliphatic hydroxyl groups excluding tert-OH is 1. The van der Waals surface area contributed by atoms with E-state index in [9.17, 15) is 14.3 Å². The zero-order chi connectivity index (χ0) is 14.3. The van der Waals surface area contributed by atoms with E-state index in [2.05, 4.69) is 5.32 Å². The third kappa shape index (κ3) is 4.96. The van der Waals surface area contributed by atoms with Gasteiger partial charge in [0.15, 0.2) is 0 Å². The van der Waals surface area contributed by atoms with Gasteiger partial charge in [0, 0.05) is 24.8 Å². The van der Waals surface area contributed by atoms with Crippen LogP contribution >= 0.6 is 0 Å². The molecule has 0 heterocycles. The van der Waals surface area contributed by atoms with E-state index in [4.69, 9.17) is 4.74 Å². The summed E-state index contributed by atoms with van der Waals surface area (Å²) in [6.07, 6.45) is 0.760. The van der Waals surface area contributed by atoms with Gasteiger partial charge in [0.2, 0.25) is 0 Å². The zero-order valence-corrected chi connectivity index (χ0v) is 11.3. The maximum absolute atomic E-state index is 13.4. The molecule has 1 rings (SSSR count). The van der Waals surface area contributed by atoms with Crippen molar-refractivity contribution >= 4 is 5.91 Å². The van der Waals surface area contributed by atoms with Crippen molar-refractivity contribution in [1.29, 1.82) is 0 Å². The zero-order valence-electron chi connectivity index (χ0n) is 11.3. The molecule has 106 valence electrons. The van der Waals surface area contributed by atoms with Crippen LogP contribution in [-0.4, -0.2) is 30.8 Å². The maximum Gasteiger partial charge on any atom is 0.251 e. The van der Waals surface area contributed by atoms with E-state index in [0.717, 1.165) is 0 Å². The lowest BCUT2D eigenvalue weighted by molar-refractivity contribution is 0.0941. The number of hydrogen-bond donors (Lipinski definition) is 2. The summed E-state index contributed by atoms with van der Waals surface area (Å²) < 4.78 is 18.2. The van der Waals surface area contributed by atoms with Crippen LogP contribution in [0.15, 0.2) is 18.2 Å². The van der Waals surface area contributed by atoms with E-state index in [1.165, 1.54) is 25.3 Å². The lowest BCUT2D eigenvalue weighted by Crippen LogP contribution is -2.27. The van der Waals surface area contributed by atoms with Gasteiger partial charge in [-0.3, -0.25) is 4.79 Å². The summed E-state index contributed by atoms with van der Waals surface area (Å²) in [5.41, 5.74) is 0.739. The minimum Gasteiger partial charge on any atom is -0.393 e. The van der Waals surface area contributed by atoms with E-state index >= 15 is 0 Å². The van der Waals surface area contributed by atoms with Gasteiger partial charge in [-0.1, -0.05) is 6.92 Å². The SMILES string of the molecule is CCC(O)CCNC(=O)c1ccc(F)c(COC)c1. The van der Waals surface area contributed by atoms with Crippen LogP contribution in [0.25, 0.3) is 0 Å². The standard InChI is InChI=1S/C14H20FNO3/c1-3-12(17)6-7-16-14(18)10-4-5-13(15)11(8-10)9-19-2/h4-5,8,12,17H,3,6-7,9H2,1-2H3,(H,16,18). The number of amides is 1. The highest BCUT2D eigenvalue weighted by Gasteiger charge is 2.10. The van der Waals surface area contributed by atoms with Crippen LogP contribution in [0, 0.1) is 5.82 Å². The molecule has 0 aromatic heterocycles. The first-order chi connectivity index (χ1) is 9.08. The smallest absolute Gasteiger partial charge is 0.251 e. The van der Waals surface area contributed by atoms with Crippen LogP contribution in [-0.2, 0) is 11.3 Å². The molecule has 1 amide bonds. The Hall–Kier alpha value is -1.46. The van der Waals surface area contributed by atoms with Gasteiger partial charge in [0.1, 0.15) is 5.82 Å². The minimum absolute atomic E-state index is 0.126. The summed E-state index contributed by atoms with van der Waals surface area (Å²) in [6.45, 7) is 2.40. The van der Waals surface area contributed by atoms with Gasteiger partial charge in [-0.05, 0) is 31.0 Å². The number of ether oxygens (including phenoxy) is 1. The van der Waals surface area contributed by atoms with Crippen LogP contribution in [0.5, 0.6) is 0 Å². The van der Waals surface area contributed by atoms with Crippen molar-refractivity contribution < 1.29 is 19.0 Å². The summed E-state index contributed by atoms with van der Waals surface area (Å²) in [5.74, 6) is -0.666. The van der Waals surface area contributed by atoms with Crippen LogP contribution in [0.3, 0.4) is 0 Å². The average Bonchev–Trinajstić information content (AvgIpc) is 2.41. The Balaban J connectivity index is 2.59. The predicted molar refractivity (Wildman–Crippen MR) is 70.4 cm³/mol. The minimum atomic E-state index is -0.405. The van der Waals surface area contributed by atoms with Gasteiger partial charge in [0.25, 0.3) is 5.91 Å². The first-order valence-corrected chi connectivity index (χ1v) is 6.32. The molecule has 1 unspecified atom stereocenters. The fourth-order valence-electron chi connectivity index (χ4n) is 1.64. The van der Waals surface area contributed by atoms with Crippen molar-refractivity contribution in [2.24, 2.45) is 0 Å². The largest absolute Gasteiger partial charge is 0.393 e. The van der Waals surface area contributed by atoms with Crippen molar-refractivity contribution in [1.82, 2.24) is 5.32 Å². The molecule has 5 heteroatoms. The van der Waals surface area contributed by atoms with E-state index in [-0.39, 0.29) is 18.3 Å². The lowest BCUT2D eigenvalue weighted by Gasteiger charge is -2.10. The van der Waals surface area contributed by atoms with Crippen molar-refractivity contribution in [2.45, 2.75) is 32.5 Å². The van der Waals surface area contributed by atoms with Crippen molar-refractivity contribution in [3.63, 3.8) is 0 Å². The number of nitrogens with one attached hydrogen (secondary N) is 1. The molecule has 0 radical (unpaired) electrons. The first kappa shape index (κ1) is 15.6. The lowest BCUT2D eigenvalue weighted by atomic mass is 10.1. The van der Waals surface area contributed by atoms with Crippen LogP contribution in [0.4, 0.5) is 4.39 Å². The number of methoxy groups -OCH3 is 1. The quantitative estimate of drug-likeness (QED) is 0.794. The molecular formula is C14H20FNO3. The number of carbonyl (C=O) groups excluding carboxylic acids is 1. The normalized spacial score (nSPS) is 12.2. The summed E-state index contributed by atoms with van der Waals surface area (Å²) in [5, 5.41) is 12.1. The van der Waals surface area contributed by atoms with E-state index in [1.54, 1.807) is 0 Å². The number of halogens is 1. The van der Waals surface area contributed by atoms with Gasteiger partial charge in [-0.2, -0.15) is 0 Å². The number of rotatable bonds is 7. The van der Waals surface area contributed by atoms with Gasteiger partial charge in [-0.25, -0.2) is 4.39 Å². The van der Waals surface area contributed by atoms with Gasteiger partial charge in [0.05, 0.1) is 12.7 Å². The average molecular weight is 269 g/mol. The number of carbonyl (C=O) groups is 1. The second kappa shape index (κ2) is 7.86. The molecule has 19 heavy (non-hydrogen) atoms. The summed E-state index contributed by atoms with van der Waals surface area (Å²) in [6, 6.07) is 4.16. The second-order valence-corrected chi connectivity index (χ2v) is 4.35. The van der Waals surface area contributed by atoms with E-state index in [1.807, 2.05) is 6.92 Å². The fourth-order valence-corrected chi connectivity index (χ4v) is 1.64. The molecule has 0 spiro atoms. The number of hydrogen-bond acceptors (Lipinski definition) is 3. The molecule has 2 N–H and O–H groups in total. The molecule has 0 bridgehead atoms. The topological polar surface area (TPSA) is 58.6 Å². The Morgan fingerprint density at radius 2 is 2.26 bits per heavy atom. The molecular weight excluding hydrogens is 249 g/mol. The molecule has 0 saturated carbocycles. The van der Waals surface area contributed by atoms with Crippen molar-refractivity contribution in [3.8, 4) is 0 Å². The Morgan fingerprint density at radius 3 is 2.89 bits per heavy atom. The molecule has 1 aromatic carbocycles. The third-order valence-electron chi connectivity index (χ3n) is 2.84. The second-order valence-electron chi connectivity index (χ2n) is 4.35.